The molecule has 0 bridgehead atoms. The molecule has 0 atom stereocenters. The average Bonchev–Trinajstić information content (AvgIpc) is 3.06. The minimum atomic E-state index is -3.96. The molecular weight excluding hydrogens is 625 g/mol. The first kappa shape index (κ1) is 40.3. The van der Waals surface area contributed by atoms with E-state index in [1.54, 1.807) is 33.3 Å². The van der Waals surface area contributed by atoms with Crippen molar-refractivity contribution in [3.63, 3.8) is 0 Å². The maximum absolute atomic E-state index is 10.8. The summed E-state index contributed by atoms with van der Waals surface area (Å²) in [6.07, 6.45) is 2.19. The van der Waals surface area contributed by atoms with Crippen molar-refractivity contribution in [1.29, 1.82) is 0 Å². The summed E-state index contributed by atoms with van der Waals surface area (Å²) < 4.78 is 51.7. The van der Waals surface area contributed by atoms with Crippen LogP contribution in [-0.4, -0.2) is 84.4 Å². The van der Waals surface area contributed by atoms with Crippen LogP contribution in [0.4, 0.5) is 24.5 Å². The molecule has 0 unspecified atom stereocenters. The highest BCUT2D eigenvalue weighted by Gasteiger charge is 2.26. The lowest BCUT2D eigenvalue weighted by atomic mass is 9.89. The number of alkyl halides is 3. The van der Waals surface area contributed by atoms with Gasteiger partial charge in [0.25, 0.3) is 0 Å². The number of benzene rings is 2. The van der Waals surface area contributed by atoms with Crippen LogP contribution in [0, 0.1) is 18.8 Å². The number of hydrogen-bond donors (Lipinski definition) is 3. The van der Waals surface area contributed by atoms with Gasteiger partial charge in [-0.25, -0.2) is 0 Å². The molecule has 2 aromatic rings. The quantitative estimate of drug-likeness (QED) is 0.129. The first-order valence-electron chi connectivity index (χ1n) is 16.1. The Balaban J connectivity index is 0.00000117. The van der Waals surface area contributed by atoms with Crippen molar-refractivity contribution in [3.8, 4) is 17.6 Å². The smallest absolute Gasteiger partial charge is 0.388 e. The number of aryl methyl sites for hydroxylation is 1. The molecule has 7 nitrogen and oxygen atoms in total. The van der Waals surface area contributed by atoms with Crippen molar-refractivity contribution in [2.45, 2.75) is 76.0 Å². The van der Waals surface area contributed by atoms with Crippen LogP contribution in [0.15, 0.2) is 46.9 Å². The van der Waals surface area contributed by atoms with E-state index in [0.717, 1.165) is 68.0 Å². The van der Waals surface area contributed by atoms with E-state index in [0.29, 0.717) is 18.6 Å². The summed E-state index contributed by atoms with van der Waals surface area (Å²) in [6.45, 7) is 9.30. The largest absolute Gasteiger partial charge is 0.495 e. The lowest BCUT2D eigenvalue weighted by molar-refractivity contribution is -0.130. The normalized spacial score (nSPS) is 16.5. The molecule has 0 amide bonds. The molecule has 2 aromatic carbocycles. The highest BCUT2D eigenvalue weighted by molar-refractivity contribution is 7.97. The molecule has 0 aliphatic heterocycles. The number of rotatable bonds is 15. The first-order valence-corrected chi connectivity index (χ1v) is 16.9. The Bertz CT molecular complexity index is 1280. The van der Waals surface area contributed by atoms with Gasteiger partial charge in [-0.2, -0.15) is 13.2 Å². The Morgan fingerprint density at radius 2 is 1.68 bits per heavy atom. The van der Waals surface area contributed by atoms with E-state index in [1.165, 1.54) is 29.7 Å². The van der Waals surface area contributed by atoms with E-state index in [9.17, 15) is 13.2 Å². The van der Waals surface area contributed by atoms with E-state index in [1.807, 2.05) is 19.2 Å². The second-order valence-corrected chi connectivity index (χ2v) is 12.4. The van der Waals surface area contributed by atoms with Crippen molar-refractivity contribution >= 4 is 29.4 Å². The van der Waals surface area contributed by atoms with Gasteiger partial charge in [0.1, 0.15) is 5.75 Å². The molecule has 262 valence electrons. The zero-order valence-electron chi connectivity index (χ0n) is 29.0. The molecule has 1 aliphatic carbocycles. The third-order valence-electron chi connectivity index (χ3n) is 7.87. The van der Waals surface area contributed by atoms with Crippen molar-refractivity contribution in [1.82, 2.24) is 9.62 Å². The zero-order chi connectivity index (χ0) is 34.7. The van der Waals surface area contributed by atoms with Gasteiger partial charge in [0.2, 0.25) is 0 Å². The molecule has 1 saturated carbocycles. The van der Waals surface area contributed by atoms with Gasteiger partial charge in [-0.15, -0.1) is 0 Å². The molecule has 3 N–H and O–H groups in total. The van der Waals surface area contributed by atoms with Crippen LogP contribution in [-0.2, 0) is 9.47 Å². The summed E-state index contributed by atoms with van der Waals surface area (Å²) >= 11 is 1.56. The number of halogens is 3. The predicted octanol–water partition coefficient (Wildman–Crippen LogP) is 8.03. The fraction of sp³-hybridized carbons (Fsp3) is 0.556. The molecule has 0 radical (unpaired) electrons. The predicted molar refractivity (Wildman–Crippen MR) is 190 cm³/mol. The molecule has 0 heterocycles. The lowest BCUT2D eigenvalue weighted by Gasteiger charge is -2.37. The monoisotopic (exact) mass is 678 g/mol. The Morgan fingerprint density at radius 3 is 2.26 bits per heavy atom. The van der Waals surface area contributed by atoms with Crippen LogP contribution in [0.5, 0.6) is 5.75 Å². The molecule has 0 aromatic heterocycles. The number of hydrogen-bond acceptors (Lipinski definition) is 8. The van der Waals surface area contributed by atoms with Crippen molar-refractivity contribution in [2.75, 3.05) is 71.9 Å². The number of anilines is 2. The first-order chi connectivity index (χ1) is 22.5. The van der Waals surface area contributed by atoms with Gasteiger partial charge in [-0.3, -0.25) is 9.62 Å². The van der Waals surface area contributed by atoms with Gasteiger partial charge in [0.05, 0.1) is 32.6 Å². The van der Waals surface area contributed by atoms with Crippen molar-refractivity contribution < 1.29 is 27.4 Å². The molecular formula is C36H53F3N4O3S. The van der Waals surface area contributed by atoms with Crippen LogP contribution in [0.25, 0.3) is 6.08 Å². The number of methoxy groups -OCH3 is 3. The van der Waals surface area contributed by atoms with E-state index < -0.39 is 12.6 Å². The number of allylic oxidation sites excluding steroid dienone is 1. The lowest BCUT2D eigenvalue weighted by Crippen LogP contribution is -2.43. The van der Waals surface area contributed by atoms with Gasteiger partial charge in [0.15, 0.2) is 0 Å². The summed E-state index contributed by atoms with van der Waals surface area (Å²) in [7, 11) is 7.14. The van der Waals surface area contributed by atoms with Gasteiger partial charge >= 0.3 is 6.18 Å². The van der Waals surface area contributed by atoms with E-state index >= 15 is 0 Å². The van der Waals surface area contributed by atoms with E-state index in [4.69, 9.17) is 14.2 Å². The van der Waals surface area contributed by atoms with Gasteiger partial charge < -0.3 is 24.8 Å². The van der Waals surface area contributed by atoms with Crippen LogP contribution < -0.4 is 20.1 Å². The third kappa shape index (κ3) is 15.3. The summed E-state index contributed by atoms with van der Waals surface area (Å²) in [4.78, 5) is 3.64. The SMILES string of the molecule is CCC(F)(F)F.CNSc1ccc(NCC#C/C(C)=C/c2c(C)cccc2NC2CCC(N(CCOC)CCOC)CC2)c(OC)c1. The van der Waals surface area contributed by atoms with Crippen LogP contribution in [0.1, 0.15) is 57.1 Å². The molecule has 0 saturated heterocycles. The van der Waals surface area contributed by atoms with E-state index in [-0.39, 0.29) is 0 Å². The highest BCUT2D eigenvalue weighted by Crippen LogP contribution is 2.30. The topological polar surface area (TPSA) is 67.0 Å². The number of nitrogens with zero attached hydrogens (tertiary/aromatic N) is 1. The standard InChI is InChI=1S/C33H48N4O3S.C3H5F3/c1-25(9-8-18-35-32-17-16-29(41-34-3)24-33(32)40-6)23-30-26(2)10-7-11-31(30)36-27-12-14-28(15-13-27)37(19-21-38-4)20-22-39-5;1-2-3(4,5)6/h7,10-11,16-17,23-24,27-28,34-36H,12-15,18-22H2,1-6H3;2H2,1H3/b25-23+;. The molecule has 47 heavy (non-hydrogen) atoms. The van der Waals surface area contributed by atoms with Crippen LogP contribution in [0.2, 0.25) is 0 Å². The fourth-order valence-electron chi connectivity index (χ4n) is 5.27. The minimum Gasteiger partial charge on any atom is -0.495 e. The fourth-order valence-corrected chi connectivity index (χ4v) is 5.81. The summed E-state index contributed by atoms with van der Waals surface area (Å²) in [5, 5.41) is 7.24. The average molecular weight is 679 g/mol. The molecule has 1 fully saturated rings. The van der Waals surface area contributed by atoms with Gasteiger partial charge in [-0.1, -0.05) is 30.9 Å². The Kier molecular flexibility index (Phi) is 18.8. The summed E-state index contributed by atoms with van der Waals surface area (Å²) in [5.41, 5.74) is 5.62. The maximum Gasteiger partial charge on any atom is 0.388 e. The molecule has 11 heteroatoms. The zero-order valence-corrected chi connectivity index (χ0v) is 29.8. The number of nitrogens with one attached hydrogen (secondary N) is 3. The van der Waals surface area contributed by atoms with Crippen molar-refractivity contribution in [2.24, 2.45) is 0 Å². The minimum absolute atomic E-state index is 0.468. The summed E-state index contributed by atoms with van der Waals surface area (Å²) in [6, 6.07) is 13.7. The second kappa shape index (κ2) is 21.9. The second-order valence-electron chi connectivity index (χ2n) is 11.3. The molecule has 3 rings (SSSR count). The Morgan fingerprint density at radius 1 is 1.02 bits per heavy atom. The van der Waals surface area contributed by atoms with Gasteiger partial charge in [-0.05, 0) is 100 Å². The Hall–Kier alpha value is -2.88. The molecule has 0 spiro atoms. The molecule has 1 aliphatic rings. The highest BCUT2D eigenvalue weighted by atomic mass is 32.2. The van der Waals surface area contributed by atoms with Gasteiger partial charge in [0, 0.05) is 62.0 Å². The Labute approximate surface area is 284 Å². The van der Waals surface area contributed by atoms with E-state index in [2.05, 4.69) is 76.3 Å². The summed E-state index contributed by atoms with van der Waals surface area (Å²) in [5.74, 6) is 7.39. The maximum atomic E-state index is 10.8. The van der Waals surface area contributed by atoms with Crippen LogP contribution >= 0.6 is 11.9 Å². The van der Waals surface area contributed by atoms with Crippen molar-refractivity contribution in [3.05, 3.63) is 53.1 Å². The third-order valence-corrected chi connectivity index (χ3v) is 8.56. The van der Waals surface area contributed by atoms with Crippen LogP contribution in [0.3, 0.4) is 0 Å². The number of ether oxygens (including phenoxy) is 3.